The van der Waals surface area contributed by atoms with Crippen molar-refractivity contribution >= 4 is 15.9 Å². The predicted molar refractivity (Wildman–Crippen MR) is 67.4 cm³/mol. The number of aliphatic hydroxyl groups is 1. The molecule has 0 aromatic heterocycles. The average Bonchev–Trinajstić information content (AvgIpc) is 2.73. The van der Waals surface area contributed by atoms with Crippen LogP contribution in [-0.2, 0) is 11.2 Å². The van der Waals surface area contributed by atoms with Crippen LogP contribution in [0.3, 0.4) is 0 Å². The van der Waals surface area contributed by atoms with Crippen LogP contribution in [0.5, 0.6) is 0 Å². The van der Waals surface area contributed by atoms with Gasteiger partial charge in [-0.1, -0.05) is 12.1 Å². The molecule has 1 heterocycles. The Morgan fingerprint density at radius 2 is 2.35 bits per heavy atom. The summed E-state index contributed by atoms with van der Waals surface area (Å²) in [6, 6.07) is 4.86. The van der Waals surface area contributed by atoms with E-state index in [-0.39, 0.29) is 5.82 Å². The summed E-state index contributed by atoms with van der Waals surface area (Å²) >= 11 is 3.21. The van der Waals surface area contributed by atoms with Gasteiger partial charge in [-0.3, -0.25) is 0 Å². The summed E-state index contributed by atoms with van der Waals surface area (Å²) < 4.78 is 19.4. The molecule has 0 bridgehead atoms. The molecule has 1 aromatic carbocycles. The van der Waals surface area contributed by atoms with E-state index in [4.69, 9.17) is 4.74 Å². The van der Waals surface area contributed by atoms with Crippen molar-refractivity contribution in [2.75, 3.05) is 6.61 Å². The van der Waals surface area contributed by atoms with Crippen molar-refractivity contribution in [3.63, 3.8) is 0 Å². The Morgan fingerprint density at radius 3 is 3.00 bits per heavy atom. The van der Waals surface area contributed by atoms with Crippen molar-refractivity contribution in [1.29, 1.82) is 0 Å². The summed E-state index contributed by atoms with van der Waals surface area (Å²) in [5.41, 5.74) is 0.278. The average molecular weight is 303 g/mol. The lowest BCUT2D eigenvalue weighted by molar-refractivity contribution is -0.0768. The van der Waals surface area contributed by atoms with Gasteiger partial charge in [-0.25, -0.2) is 4.39 Å². The van der Waals surface area contributed by atoms with Crippen LogP contribution < -0.4 is 0 Å². The van der Waals surface area contributed by atoms with Crippen LogP contribution in [-0.4, -0.2) is 23.4 Å². The molecule has 1 saturated heterocycles. The van der Waals surface area contributed by atoms with Gasteiger partial charge in [-0.2, -0.15) is 0 Å². The molecule has 0 saturated carbocycles. The summed E-state index contributed by atoms with van der Waals surface area (Å²) in [5, 5.41) is 10.2. The van der Waals surface area contributed by atoms with Crippen LogP contribution in [0.4, 0.5) is 4.39 Å². The van der Waals surface area contributed by atoms with Gasteiger partial charge in [0.05, 0.1) is 16.2 Å². The van der Waals surface area contributed by atoms with Crippen LogP contribution in [0, 0.1) is 5.82 Å². The molecule has 0 amide bonds. The largest absolute Gasteiger partial charge is 0.390 e. The molecular formula is C13H16BrFO2. The van der Waals surface area contributed by atoms with Gasteiger partial charge in [0.25, 0.3) is 0 Å². The lowest BCUT2D eigenvalue weighted by Gasteiger charge is -2.29. The normalized spacial score (nSPS) is 26.1. The maximum atomic E-state index is 13.3. The first-order valence-electron chi connectivity index (χ1n) is 5.78. The van der Waals surface area contributed by atoms with Crippen molar-refractivity contribution in [3.8, 4) is 0 Å². The fourth-order valence-corrected chi connectivity index (χ4v) is 2.62. The molecule has 0 radical (unpaired) electrons. The second-order valence-corrected chi connectivity index (χ2v) is 5.49. The molecule has 1 aliphatic rings. The first kappa shape index (κ1) is 13.0. The number of rotatable bonds is 3. The molecule has 17 heavy (non-hydrogen) atoms. The Morgan fingerprint density at radius 1 is 1.59 bits per heavy atom. The molecular weight excluding hydrogens is 287 g/mol. The first-order valence-corrected chi connectivity index (χ1v) is 6.57. The molecule has 2 nitrogen and oxygen atoms in total. The molecule has 1 N–H and O–H groups in total. The maximum Gasteiger partial charge on any atom is 0.137 e. The summed E-state index contributed by atoms with van der Waals surface area (Å²) in [5.74, 6) is -0.299. The van der Waals surface area contributed by atoms with Crippen LogP contribution in [0.1, 0.15) is 25.3 Å². The minimum absolute atomic E-state index is 0.299. The summed E-state index contributed by atoms with van der Waals surface area (Å²) in [7, 11) is 0. The van der Waals surface area contributed by atoms with E-state index >= 15 is 0 Å². The molecule has 0 spiro atoms. The molecule has 2 rings (SSSR count). The Kier molecular flexibility index (Phi) is 3.85. The predicted octanol–water partition coefficient (Wildman–Crippen LogP) is 3.06. The Bertz CT molecular complexity index is 402. The van der Waals surface area contributed by atoms with E-state index in [0.717, 1.165) is 18.4 Å². The highest BCUT2D eigenvalue weighted by Crippen LogP contribution is 2.32. The van der Waals surface area contributed by atoms with Crippen molar-refractivity contribution in [2.45, 2.75) is 37.9 Å². The molecule has 2 atom stereocenters. The molecule has 94 valence electrons. The fourth-order valence-electron chi connectivity index (χ4n) is 2.19. The standard InChI is InChI=1S/C13H16BrFO2/c1-13(6-3-7-17-13)11(16)8-9-4-2-5-10(15)12(9)14/h2,4-5,11,16H,3,6-8H2,1H3. The molecule has 2 unspecified atom stereocenters. The number of aliphatic hydroxyl groups excluding tert-OH is 1. The lowest BCUT2D eigenvalue weighted by atomic mass is 9.91. The van der Waals surface area contributed by atoms with Gasteiger partial charge in [0.2, 0.25) is 0 Å². The van der Waals surface area contributed by atoms with E-state index < -0.39 is 11.7 Å². The van der Waals surface area contributed by atoms with E-state index in [2.05, 4.69) is 15.9 Å². The highest BCUT2D eigenvalue weighted by atomic mass is 79.9. The number of hydrogen-bond acceptors (Lipinski definition) is 2. The van der Waals surface area contributed by atoms with E-state index in [1.165, 1.54) is 6.07 Å². The Hall–Kier alpha value is -0.450. The number of halogens is 2. The van der Waals surface area contributed by atoms with Gasteiger partial charge < -0.3 is 9.84 Å². The first-order chi connectivity index (χ1) is 8.03. The van der Waals surface area contributed by atoms with Crippen LogP contribution in [0.15, 0.2) is 22.7 Å². The van der Waals surface area contributed by atoms with E-state index in [0.29, 0.717) is 17.5 Å². The third-order valence-electron chi connectivity index (χ3n) is 3.40. The van der Waals surface area contributed by atoms with Gasteiger partial charge in [0, 0.05) is 13.0 Å². The smallest absolute Gasteiger partial charge is 0.137 e. The summed E-state index contributed by atoms with van der Waals surface area (Å²) in [4.78, 5) is 0. The maximum absolute atomic E-state index is 13.3. The third-order valence-corrected chi connectivity index (χ3v) is 4.29. The summed E-state index contributed by atoms with van der Waals surface area (Å²) in [6.45, 7) is 2.61. The number of hydrogen-bond donors (Lipinski definition) is 1. The Balaban J connectivity index is 2.12. The van der Waals surface area contributed by atoms with Crippen molar-refractivity contribution < 1.29 is 14.2 Å². The van der Waals surface area contributed by atoms with Crippen molar-refractivity contribution in [3.05, 3.63) is 34.1 Å². The SMILES string of the molecule is CC1(C(O)Cc2cccc(F)c2Br)CCCO1. The minimum atomic E-state index is -0.608. The van der Waals surface area contributed by atoms with Gasteiger partial charge >= 0.3 is 0 Å². The van der Waals surface area contributed by atoms with Crippen molar-refractivity contribution in [1.82, 2.24) is 0 Å². The van der Waals surface area contributed by atoms with Crippen LogP contribution >= 0.6 is 15.9 Å². The third kappa shape index (κ3) is 2.69. The van der Waals surface area contributed by atoms with Gasteiger partial charge in [-0.15, -0.1) is 0 Å². The fraction of sp³-hybridized carbons (Fsp3) is 0.538. The lowest BCUT2D eigenvalue weighted by Crippen LogP contribution is -2.40. The topological polar surface area (TPSA) is 29.5 Å². The van der Waals surface area contributed by atoms with E-state index in [1.54, 1.807) is 6.07 Å². The second-order valence-electron chi connectivity index (χ2n) is 4.70. The summed E-state index contributed by atoms with van der Waals surface area (Å²) in [6.07, 6.45) is 1.61. The monoisotopic (exact) mass is 302 g/mol. The Labute approximate surface area is 109 Å². The zero-order valence-electron chi connectivity index (χ0n) is 9.75. The molecule has 1 aromatic rings. The molecule has 1 aliphatic heterocycles. The number of ether oxygens (including phenoxy) is 1. The highest BCUT2D eigenvalue weighted by Gasteiger charge is 2.37. The van der Waals surface area contributed by atoms with Crippen molar-refractivity contribution in [2.24, 2.45) is 0 Å². The zero-order chi connectivity index (χ0) is 12.5. The molecule has 1 fully saturated rings. The highest BCUT2D eigenvalue weighted by molar-refractivity contribution is 9.10. The number of benzene rings is 1. The second kappa shape index (κ2) is 5.04. The van der Waals surface area contributed by atoms with Gasteiger partial charge in [0.15, 0.2) is 0 Å². The van der Waals surface area contributed by atoms with E-state index in [9.17, 15) is 9.50 Å². The quantitative estimate of drug-likeness (QED) is 0.930. The van der Waals surface area contributed by atoms with E-state index in [1.807, 2.05) is 13.0 Å². The molecule has 4 heteroatoms. The van der Waals surface area contributed by atoms with Crippen LogP contribution in [0.2, 0.25) is 0 Å². The van der Waals surface area contributed by atoms with Gasteiger partial charge in [-0.05, 0) is 47.3 Å². The van der Waals surface area contributed by atoms with Gasteiger partial charge in [0.1, 0.15) is 5.82 Å². The minimum Gasteiger partial charge on any atom is -0.390 e. The zero-order valence-corrected chi connectivity index (χ0v) is 11.3. The van der Waals surface area contributed by atoms with Crippen LogP contribution in [0.25, 0.3) is 0 Å². The molecule has 0 aliphatic carbocycles.